The summed E-state index contributed by atoms with van der Waals surface area (Å²) < 4.78 is 13.6. The van der Waals surface area contributed by atoms with Crippen LogP contribution in [0, 0.1) is 19.7 Å². The van der Waals surface area contributed by atoms with Crippen molar-refractivity contribution in [3.63, 3.8) is 0 Å². The second-order valence-electron chi connectivity index (χ2n) is 7.10. The lowest BCUT2D eigenvalue weighted by Gasteiger charge is -2.16. The molecule has 0 fully saturated rings. The quantitative estimate of drug-likeness (QED) is 0.567. The first kappa shape index (κ1) is 19.9. The number of carbonyl (C=O) groups is 2. The van der Waals surface area contributed by atoms with Crippen LogP contribution in [0.2, 0.25) is 5.02 Å². The van der Waals surface area contributed by atoms with Crippen LogP contribution < -0.4 is 10.2 Å². The van der Waals surface area contributed by atoms with Gasteiger partial charge in [-0.1, -0.05) is 59.6 Å². The molecule has 3 aromatic carbocycles. The molecule has 0 aromatic heterocycles. The first-order valence-corrected chi connectivity index (χ1v) is 9.72. The van der Waals surface area contributed by atoms with Crippen molar-refractivity contribution in [3.05, 3.63) is 100.0 Å². The maximum atomic E-state index is 13.6. The lowest BCUT2D eigenvalue weighted by atomic mass is 10.0. The van der Waals surface area contributed by atoms with E-state index in [-0.39, 0.29) is 22.0 Å². The van der Waals surface area contributed by atoms with Gasteiger partial charge >= 0.3 is 0 Å². The third-order valence-electron chi connectivity index (χ3n) is 4.95. The van der Waals surface area contributed by atoms with Crippen molar-refractivity contribution in [1.82, 2.24) is 0 Å². The molecular formula is C24H18ClFN2O2. The summed E-state index contributed by atoms with van der Waals surface area (Å²) in [6, 6.07) is 18.5. The van der Waals surface area contributed by atoms with Crippen LogP contribution in [0.5, 0.6) is 0 Å². The number of halogens is 2. The molecule has 1 aliphatic rings. The summed E-state index contributed by atoms with van der Waals surface area (Å²) in [4.78, 5) is 27.7. The van der Waals surface area contributed by atoms with Crippen LogP contribution in [-0.4, -0.2) is 11.8 Å². The molecule has 0 atom stereocenters. The second-order valence-corrected chi connectivity index (χ2v) is 7.51. The maximum absolute atomic E-state index is 13.6. The van der Waals surface area contributed by atoms with Gasteiger partial charge in [0, 0.05) is 5.69 Å². The van der Waals surface area contributed by atoms with Gasteiger partial charge in [-0.3, -0.25) is 9.59 Å². The number of nitrogens with zero attached hydrogens (tertiary/aromatic N) is 1. The monoisotopic (exact) mass is 420 g/mol. The molecule has 0 saturated carbocycles. The van der Waals surface area contributed by atoms with Gasteiger partial charge in [0.2, 0.25) is 0 Å². The van der Waals surface area contributed by atoms with Crippen LogP contribution in [0.25, 0.3) is 5.57 Å². The van der Waals surface area contributed by atoms with Crippen LogP contribution in [0.15, 0.2) is 72.4 Å². The Morgan fingerprint density at radius 3 is 2.30 bits per heavy atom. The molecule has 0 radical (unpaired) electrons. The number of rotatable bonds is 4. The molecule has 6 heteroatoms. The van der Waals surface area contributed by atoms with Gasteiger partial charge in [0.15, 0.2) is 0 Å². The average Bonchev–Trinajstić information content (AvgIpc) is 2.96. The zero-order valence-corrected chi connectivity index (χ0v) is 17.1. The summed E-state index contributed by atoms with van der Waals surface area (Å²) in [5.41, 5.74) is 4.00. The smallest absolute Gasteiger partial charge is 0.282 e. The summed E-state index contributed by atoms with van der Waals surface area (Å²) in [5.74, 6) is -1.65. The Kier molecular flexibility index (Phi) is 5.14. The summed E-state index contributed by atoms with van der Waals surface area (Å²) in [6.07, 6.45) is 0. The van der Waals surface area contributed by atoms with Crippen molar-refractivity contribution in [3.8, 4) is 0 Å². The Morgan fingerprint density at radius 2 is 1.63 bits per heavy atom. The molecule has 30 heavy (non-hydrogen) atoms. The van der Waals surface area contributed by atoms with E-state index in [0.717, 1.165) is 27.8 Å². The number of nitrogens with one attached hydrogen (secondary N) is 1. The fourth-order valence-corrected chi connectivity index (χ4v) is 3.64. The molecule has 4 rings (SSSR count). The van der Waals surface area contributed by atoms with Crippen LogP contribution in [-0.2, 0) is 9.59 Å². The van der Waals surface area contributed by atoms with Gasteiger partial charge in [0.05, 0.1) is 16.3 Å². The number of hydrogen-bond acceptors (Lipinski definition) is 3. The SMILES string of the molecule is Cc1ccc(NC2=C(c3ccccc3)C(=O)N(c3ccc(F)c(Cl)c3)C2=O)c(C)c1. The van der Waals surface area contributed by atoms with E-state index in [1.807, 2.05) is 38.1 Å². The first-order valence-electron chi connectivity index (χ1n) is 9.34. The van der Waals surface area contributed by atoms with Crippen molar-refractivity contribution < 1.29 is 14.0 Å². The van der Waals surface area contributed by atoms with Crippen LogP contribution in [0.1, 0.15) is 16.7 Å². The number of anilines is 2. The third-order valence-corrected chi connectivity index (χ3v) is 5.24. The maximum Gasteiger partial charge on any atom is 0.282 e. The van der Waals surface area contributed by atoms with Gasteiger partial charge in [-0.05, 0) is 49.2 Å². The van der Waals surface area contributed by atoms with E-state index in [9.17, 15) is 14.0 Å². The lowest BCUT2D eigenvalue weighted by Crippen LogP contribution is -2.32. The molecule has 4 nitrogen and oxygen atoms in total. The summed E-state index contributed by atoms with van der Waals surface area (Å²) in [6.45, 7) is 3.91. The average molecular weight is 421 g/mol. The molecule has 150 valence electrons. The van der Waals surface area contributed by atoms with Crippen LogP contribution >= 0.6 is 11.6 Å². The Balaban J connectivity index is 1.83. The minimum Gasteiger partial charge on any atom is -0.350 e. The molecule has 0 spiro atoms. The molecule has 2 amide bonds. The van der Waals surface area contributed by atoms with E-state index in [0.29, 0.717) is 5.56 Å². The Labute approximate surface area is 178 Å². The van der Waals surface area contributed by atoms with E-state index in [4.69, 9.17) is 11.6 Å². The summed E-state index contributed by atoms with van der Waals surface area (Å²) >= 11 is 5.89. The van der Waals surface area contributed by atoms with Crippen molar-refractivity contribution in [2.75, 3.05) is 10.2 Å². The largest absolute Gasteiger partial charge is 0.350 e. The van der Waals surface area contributed by atoms with Crippen molar-refractivity contribution in [1.29, 1.82) is 0 Å². The van der Waals surface area contributed by atoms with Gasteiger partial charge in [0.1, 0.15) is 11.5 Å². The number of hydrogen-bond donors (Lipinski definition) is 1. The Bertz CT molecular complexity index is 1210. The number of imide groups is 1. The summed E-state index contributed by atoms with van der Waals surface area (Å²) in [7, 11) is 0. The number of aryl methyl sites for hydroxylation is 2. The van der Waals surface area contributed by atoms with E-state index >= 15 is 0 Å². The highest BCUT2D eigenvalue weighted by Gasteiger charge is 2.40. The predicted molar refractivity (Wildman–Crippen MR) is 117 cm³/mol. The number of carbonyl (C=O) groups excluding carboxylic acids is 2. The standard InChI is InChI=1S/C24H18ClFN2O2/c1-14-8-11-20(15(2)12-14)27-22-21(16-6-4-3-5-7-16)23(29)28(24(22)30)17-9-10-19(26)18(25)13-17/h3-13,27H,1-2H3. The van der Waals surface area contributed by atoms with Gasteiger partial charge in [-0.25, -0.2) is 9.29 Å². The van der Waals surface area contributed by atoms with E-state index in [1.54, 1.807) is 24.3 Å². The molecule has 0 bridgehead atoms. The highest BCUT2D eigenvalue weighted by Crippen LogP contribution is 2.35. The normalized spacial score (nSPS) is 13.9. The molecule has 0 saturated heterocycles. The van der Waals surface area contributed by atoms with Gasteiger partial charge < -0.3 is 5.32 Å². The van der Waals surface area contributed by atoms with Gasteiger partial charge in [-0.2, -0.15) is 0 Å². The minimum absolute atomic E-state index is 0.162. The molecule has 0 aliphatic carbocycles. The minimum atomic E-state index is -0.621. The fraction of sp³-hybridized carbons (Fsp3) is 0.0833. The first-order chi connectivity index (χ1) is 14.4. The third kappa shape index (κ3) is 3.48. The Morgan fingerprint density at radius 1 is 0.900 bits per heavy atom. The molecule has 1 aliphatic heterocycles. The number of benzene rings is 3. The highest BCUT2D eigenvalue weighted by atomic mass is 35.5. The molecule has 1 N–H and O–H groups in total. The van der Waals surface area contributed by atoms with Gasteiger partial charge in [-0.15, -0.1) is 0 Å². The second kappa shape index (κ2) is 7.76. The van der Waals surface area contributed by atoms with Crippen molar-refractivity contribution >= 4 is 40.4 Å². The predicted octanol–water partition coefficient (Wildman–Crippen LogP) is 5.49. The zero-order chi connectivity index (χ0) is 21.4. The molecular weight excluding hydrogens is 403 g/mol. The van der Waals surface area contributed by atoms with E-state index < -0.39 is 17.6 Å². The van der Waals surface area contributed by atoms with Crippen molar-refractivity contribution in [2.24, 2.45) is 0 Å². The lowest BCUT2D eigenvalue weighted by molar-refractivity contribution is -0.120. The molecule has 3 aromatic rings. The van der Waals surface area contributed by atoms with E-state index in [2.05, 4.69) is 5.32 Å². The fourth-order valence-electron chi connectivity index (χ4n) is 3.47. The Hall–Kier alpha value is -3.44. The zero-order valence-electron chi connectivity index (χ0n) is 16.4. The molecule has 0 unspecified atom stereocenters. The van der Waals surface area contributed by atoms with Crippen molar-refractivity contribution in [2.45, 2.75) is 13.8 Å². The summed E-state index contributed by atoms with van der Waals surface area (Å²) in [5, 5.41) is 2.99. The van der Waals surface area contributed by atoms with E-state index in [1.165, 1.54) is 12.1 Å². The number of amides is 2. The van der Waals surface area contributed by atoms with Crippen LogP contribution in [0.4, 0.5) is 15.8 Å². The highest BCUT2D eigenvalue weighted by molar-refractivity contribution is 6.46. The van der Waals surface area contributed by atoms with Gasteiger partial charge in [0.25, 0.3) is 11.8 Å². The molecule has 1 heterocycles. The topological polar surface area (TPSA) is 49.4 Å². The van der Waals surface area contributed by atoms with Crippen LogP contribution in [0.3, 0.4) is 0 Å².